The van der Waals surface area contributed by atoms with Crippen LogP contribution < -0.4 is 0 Å². The van der Waals surface area contributed by atoms with Gasteiger partial charge in [0.2, 0.25) is 7.93 Å². The van der Waals surface area contributed by atoms with Gasteiger partial charge in [0.1, 0.15) is 0 Å². The number of halogens is 3. The van der Waals surface area contributed by atoms with Crippen molar-refractivity contribution in [3.05, 3.63) is 0 Å². The minimum absolute atomic E-state index is 0.267. The van der Waals surface area contributed by atoms with E-state index in [0.717, 1.165) is 63.1 Å². The molecule has 0 saturated carbocycles. The molecule has 0 aliphatic rings. The van der Waals surface area contributed by atoms with Gasteiger partial charge in [0.25, 0.3) is 0 Å². The normalized spacial score (nSPS) is 14.1. The zero-order valence-electron chi connectivity index (χ0n) is 21.3. The van der Waals surface area contributed by atoms with Gasteiger partial charge in [-0.3, -0.25) is 4.39 Å². The van der Waals surface area contributed by atoms with Crippen molar-refractivity contribution in [2.45, 2.75) is 160 Å². The summed E-state index contributed by atoms with van der Waals surface area (Å²) in [6, 6.07) is 3.11. The highest BCUT2D eigenvalue weighted by Crippen LogP contribution is 2.32. The number of hydrogen-bond donors (Lipinski definition) is 0. The third-order valence-corrected chi connectivity index (χ3v) is 21.0. The summed E-state index contributed by atoms with van der Waals surface area (Å²) in [6.07, 6.45) is 17.4. The van der Waals surface area contributed by atoms with E-state index in [4.69, 9.17) is 0 Å². The van der Waals surface area contributed by atoms with Crippen molar-refractivity contribution in [3.63, 3.8) is 0 Å². The standard InChI is InChI=1S/C26H55F3Si2/c1-4-7-9-11-15-19-23-31(29,24-20-16-12-10-8-5-2)30(6-3)25-26(28)21-17-13-14-18-22-27/h26,30H,4-25H2,1-3H3. The Labute approximate surface area is 196 Å². The van der Waals surface area contributed by atoms with Crippen molar-refractivity contribution in [1.82, 2.24) is 0 Å². The zero-order chi connectivity index (χ0) is 23.2. The minimum Gasteiger partial charge on any atom is -0.318 e. The molecule has 0 aliphatic heterocycles. The van der Waals surface area contributed by atoms with Crippen molar-refractivity contribution in [2.24, 2.45) is 0 Å². The maximum atomic E-state index is 16.4. The molecule has 0 radical (unpaired) electrons. The monoisotopic (exact) mass is 480 g/mol. The van der Waals surface area contributed by atoms with Crippen LogP contribution in [0.1, 0.15) is 130 Å². The number of rotatable bonds is 24. The van der Waals surface area contributed by atoms with E-state index in [1.54, 1.807) is 0 Å². The van der Waals surface area contributed by atoms with Gasteiger partial charge in [0.15, 0.2) is 0 Å². The van der Waals surface area contributed by atoms with Crippen LogP contribution in [0.25, 0.3) is 0 Å². The van der Waals surface area contributed by atoms with Gasteiger partial charge in [-0.2, -0.15) is 0 Å². The van der Waals surface area contributed by atoms with Crippen LogP contribution in [0.4, 0.5) is 12.9 Å². The molecule has 0 aromatic rings. The van der Waals surface area contributed by atoms with Gasteiger partial charge in [-0.1, -0.05) is 123 Å². The Balaban J connectivity index is 4.62. The van der Waals surface area contributed by atoms with E-state index in [1.165, 1.54) is 51.4 Å². The lowest BCUT2D eigenvalue weighted by molar-refractivity contribution is 0.326. The lowest BCUT2D eigenvalue weighted by Gasteiger charge is -2.31. The van der Waals surface area contributed by atoms with E-state index in [0.29, 0.717) is 18.9 Å². The average molecular weight is 481 g/mol. The van der Waals surface area contributed by atoms with Gasteiger partial charge in [-0.25, -0.2) is 4.39 Å². The molecule has 2 atom stereocenters. The van der Waals surface area contributed by atoms with Crippen LogP contribution in [0.2, 0.25) is 24.2 Å². The summed E-state index contributed by atoms with van der Waals surface area (Å²) < 4.78 is 43.4. The predicted octanol–water partition coefficient (Wildman–Crippen LogP) is 10.2. The molecule has 0 saturated heterocycles. The Morgan fingerprint density at radius 3 is 1.58 bits per heavy atom. The van der Waals surface area contributed by atoms with Crippen LogP contribution in [0.15, 0.2) is 0 Å². The second kappa shape index (κ2) is 22.0. The molecule has 0 amide bonds. The third kappa shape index (κ3) is 17.4. The Hall–Kier alpha value is 0.224. The highest BCUT2D eigenvalue weighted by molar-refractivity contribution is 7.30. The lowest BCUT2D eigenvalue weighted by Crippen LogP contribution is -2.48. The summed E-state index contributed by atoms with van der Waals surface area (Å²) in [7, 11) is -4.45. The summed E-state index contributed by atoms with van der Waals surface area (Å²) in [4.78, 5) is 0. The maximum Gasteiger partial charge on any atom is 0.230 e. The third-order valence-electron chi connectivity index (χ3n) is 7.06. The van der Waals surface area contributed by atoms with Crippen molar-refractivity contribution in [2.75, 3.05) is 6.67 Å². The molecule has 0 N–H and O–H groups in total. The van der Waals surface area contributed by atoms with Crippen molar-refractivity contribution >= 4 is 16.2 Å². The first-order valence-corrected chi connectivity index (χ1v) is 19.7. The molecule has 5 heteroatoms. The molecular formula is C26H55F3Si2. The summed E-state index contributed by atoms with van der Waals surface area (Å²) in [6.45, 7) is 6.32. The fraction of sp³-hybridized carbons (Fsp3) is 1.00. The molecule has 0 aromatic carbocycles. The van der Waals surface area contributed by atoms with E-state index < -0.39 is 22.4 Å². The molecule has 0 fully saturated rings. The molecular weight excluding hydrogens is 425 g/mol. The molecule has 188 valence electrons. The summed E-state index contributed by atoms with van der Waals surface area (Å²) >= 11 is 0. The Morgan fingerprint density at radius 2 is 1.10 bits per heavy atom. The fourth-order valence-electron chi connectivity index (χ4n) is 4.92. The number of unbranched alkanes of at least 4 members (excludes halogenated alkanes) is 13. The molecule has 31 heavy (non-hydrogen) atoms. The molecule has 0 aliphatic carbocycles. The molecule has 0 spiro atoms. The van der Waals surface area contributed by atoms with Crippen LogP contribution in [-0.2, 0) is 0 Å². The van der Waals surface area contributed by atoms with Gasteiger partial charge in [-0.05, 0) is 31.0 Å². The molecule has 0 heterocycles. The SMILES string of the molecule is CCCCCCCC[Si](F)(CCCCCCCC)[SiH](CC)CC(F)CCCCCCF. The first kappa shape index (κ1) is 31.2. The summed E-state index contributed by atoms with van der Waals surface area (Å²) in [5.41, 5.74) is 0. The van der Waals surface area contributed by atoms with Gasteiger partial charge in [-0.15, -0.1) is 0 Å². The smallest absolute Gasteiger partial charge is 0.230 e. The first-order valence-electron chi connectivity index (χ1n) is 13.9. The van der Waals surface area contributed by atoms with Gasteiger partial charge >= 0.3 is 0 Å². The van der Waals surface area contributed by atoms with Crippen LogP contribution >= 0.6 is 0 Å². The zero-order valence-corrected chi connectivity index (χ0v) is 23.5. The molecule has 0 nitrogen and oxygen atoms in total. The van der Waals surface area contributed by atoms with E-state index in [-0.39, 0.29) is 6.67 Å². The van der Waals surface area contributed by atoms with Crippen LogP contribution in [-0.4, -0.2) is 29.1 Å². The lowest BCUT2D eigenvalue weighted by atomic mass is 10.1. The Kier molecular flexibility index (Phi) is 22.2. The van der Waals surface area contributed by atoms with Crippen molar-refractivity contribution in [3.8, 4) is 0 Å². The summed E-state index contributed by atoms with van der Waals surface area (Å²) in [5.74, 6) is 0. The predicted molar refractivity (Wildman–Crippen MR) is 140 cm³/mol. The van der Waals surface area contributed by atoms with Crippen LogP contribution in [0.3, 0.4) is 0 Å². The van der Waals surface area contributed by atoms with E-state index in [2.05, 4.69) is 20.8 Å². The fourth-order valence-corrected chi connectivity index (χ4v) is 17.9. The highest BCUT2D eigenvalue weighted by atomic mass is 29.3. The topological polar surface area (TPSA) is 0 Å². The minimum atomic E-state index is -2.79. The number of hydrogen-bond acceptors (Lipinski definition) is 0. The second-order valence-corrected chi connectivity index (χ2v) is 21.2. The number of alkyl halides is 2. The first-order chi connectivity index (χ1) is 15.0. The maximum absolute atomic E-state index is 16.4. The molecule has 2 unspecified atom stereocenters. The quantitative estimate of drug-likeness (QED) is 0.0732. The molecule has 0 rings (SSSR count). The molecule has 0 aromatic heterocycles. The van der Waals surface area contributed by atoms with Gasteiger partial charge in [0.05, 0.1) is 21.2 Å². The van der Waals surface area contributed by atoms with Crippen LogP contribution in [0.5, 0.6) is 0 Å². The summed E-state index contributed by atoms with van der Waals surface area (Å²) in [5, 5.41) is 0. The second-order valence-electron chi connectivity index (χ2n) is 9.90. The molecule has 0 bridgehead atoms. The van der Waals surface area contributed by atoms with Crippen molar-refractivity contribution < 1.29 is 12.9 Å². The van der Waals surface area contributed by atoms with Crippen LogP contribution in [0, 0.1) is 0 Å². The van der Waals surface area contributed by atoms with Crippen molar-refractivity contribution in [1.29, 1.82) is 0 Å². The average Bonchev–Trinajstić information content (AvgIpc) is 2.76. The van der Waals surface area contributed by atoms with E-state index in [9.17, 15) is 8.78 Å². The largest absolute Gasteiger partial charge is 0.318 e. The van der Waals surface area contributed by atoms with Gasteiger partial charge < -0.3 is 4.11 Å². The van der Waals surface area contributed by atoms with Gasteiger partial charge in [0, 0.05) is 0 Å². The highest BCUT2D eigenvalue weighted by Gasteiger charge is 2.42. The Morgan fingerprint density at radius 1 is 0.645 bits per heavy atom. The Bertz CT molecular complexity index is 353. The van der Waals surface area contributed by atoms with E-state index in [1.807, 2.05) is 0 Å². The van der Waals surface area contributed by atoms with E-state index >= 15 is 4.11 Å².